The van der Waals surface area contributed by atoms with Gasteiger partial charge in [0.05, 0.1) is 11.0 Å². The van der Waals surface area contributed by atoms with Gasteiger partial charge in [-0.15, -0.1) is 0 Å². The molecule has 0 aliphatic carbocycles. The van der Waals surface area contributed by atoms with E-state index in [1.165, 1.54) is 0 Å². The van der Waals surface area contributed by atoms with Crippen molar-refractivity contribution in [2.75, 3.05) is 0 Å². The first-order valence-electron chi connectivity index (χ1n) is 9.74. The van der Waals surface area contributed by atoms with Crippen LogP contribution in [0.4, 0.5) is 0 Å². The van der Waals surface area contributed by atoms with Crippen LogP contribution in [0.5, 0.6) is 23.0 Å². The maximum atomic E-state index is 11.4. The van der Waals surface area contributed by atoms with Gasteiger partial charge in [-0.05, 0) is 35.4 Å². The zero-order valence-corrected chi connectivity index (χ0v) is 16.3. The minimum absolute atomic E-state index is 0.0607. The number of ether oxygens (including phenoxy) is 1. The Morgan fingerprint density at radius 2 is 1.19 bits per heavy atom. The van der Waals surface area contributed by atoms with Crippen molar-refractivity contribution >= 4 is 5.97 Å². The van der Waals surface area contributed by atoms with Crippen molar-refractivity contribution in [2.45, 2.75) is 5.41 Å². The van der Waals surface area contributed by atoms with E-state index in [4.69, 9.17) is 4.74 Å². The first-order chi connectivity index (χ1) is 15.0. The van der Waals surface area contributed by atoms with Crippen molar-refractivity contribution in [3.63, 3.8) is 0 Å². The number of hydrogen-bond acceptors (Lipinski definition) is 4. The summed E-state index contributed by atoms with van der Waals surface area (Å²) < 4.78 is 6.09. The predicted molar refractivity (Wildman–Crippen MR) is 115 cm³/mol. The molecule has 152 valence electrons. The lowest BCUT2D eigenvalue weighted by Gasteiger charge is -2.41. The molecular weight excluding hydrogens is 392 g/mol. The molecule has 0 saturated carbocycles. The third-order valence-electron chi connectivity index (χ3n) is 5.73. The number of fused-ring (bicyclic) bond motifs is 2. The summed E-state index contributed by atoms with van der Waals surface area (Å²) in [5.74, 6) is 0.0486. The second-order valence-corrected chi connectivity index (χ2v) is 7.46. The number of aromatic carboxylic acids is 1. The van der Waals surface area contributed by atoms with Crippen LogP contribution in [0.3, 0.4) is 0 Å². The number of aromatic hydroxyl groups is 2. The van der Waals surface area contributed by atoms with Crippen LogP contribution in [0, 0.1) is 0 Å². The molecule has 0 radical (unpaired) electrons. The molecule has 0 saturated heterocycles. The molecule has 31 heavy (non-hydrogen) atoms. The van der Waals surface area contributed by atoms with Crippen LogP contribution >= 0.6 is 0 Å². The second-order valence-electron chi connectivity index (χ2n) is 7.46. The number of hydrogen-bond donors (Lipinski definition) is 3. The molecule has 4 aromatic rings. The Balaban J connectivity index is 1.92. The van der Waals surface area contributed by atoms with Crippen LogP contribution in [0.25, 0.3) is 0 Å². The van der Waals surface area contributed by atoms with Gasteiger partial charge in [-0.2, -0.15) is 0 Å². The number of phenolic OH excluding ortho intramolecular Hbond substituents is 2. The minimum Gasteiger partial charge on any atom is -0.508 e. The lowest BCUT2D eigenvalue weighted by molar-refractivity contribution is 0.0697. The zero-order valence-electron chi connectivity index (χ0n) is 16.3. The SMILES string of the molecule is O=C(O)c1ccc(C2(c3ccccc3)c3ccc(O)cc3Oc3cc(O)ccc32)cc1. The molecule has 1 aliphatic rings. The first kappa shape index (κ1) is 18.8. The highest BCUT2D eigenvalue weighted by Gasteiger charge is 2.45. The maximum Gasteiger partial charge on any atom is 0.335 e. The molecule has 0 aromatic heterocycles. The molecule has 5 heteroatoms. The Hall–Kier alpha value is -4.25. The summed E-state index contributed by atoms with van der Waals surface area (Å²) in [6, 6.07) is 26.5. The molecule has 5 nitrogen and oxygen atoms in total. The van der Waals surface area contributed by atoms with Crippen LogP contribution in [0.1, 0.15) is 32.6 Å². The van der Waals surface area contributed by atoms with Crippen LogP contribution in [0.15, 0.2) is 91.0 Å². The fraction of sp³-hybridized carbons (Fsp3) is 0.0385. The van der Waals surface area contributed by atoms with E-state index in [0.29, 0.717) is 11.5 Å². The average molecular weight is 410 g/mol. The largest absolute Gasteiger partial charge is 0.508 e. The third kappa shape index (κ3) is 2.82. The Kier molecular flexibility index (Phi) is 4.19. The van der Waals surface area contributed by atoms with Crippen LogP contribution in [-0.2, 0) is 5.41 Å². The van der Waals surface area contributed by atoms with Gasteiger partial charge >= 0.3 is 5.97 Å². The van der Waals surface area contributed by atoms with Crippen molar-refractivity contribution in [3.8, 4) is 23.0 Å². The Bertz CT molecular complexity index is 1240. The standard InChI is InChI=1S/C26H18O5/c27-19-10-12-21-23(14-19)31-24-15-20(28)11-13-22(24)26(21,17-4-2-1-3-5-17)18-8-6-16(7-9-18)25(29)30/h1-15,27-28H,(H,29,30). The van der Waals surface area contributed by atoms with E-state index >= 15 is 0 Å². The smallest absolute Gasteiger partial charge is 0.335 e. The van der Waals surface area contributed by atoms with Crippen molar-refractivity contribution in [3.05, 3.63) is 119 Å². The van der Waals surface area contributed by atoms with Crippen LogP contribution in [-0.4, -0.2) is 21.3 Å². The molecule has 0 amide bonds. The van der Waals surface area contributed by atoms with E-state index in [1.54, 1.807) is 48.5 Å². The molecule has 1 aliphatic heterocycles. The molecule has 0 bridgehead atoms. The molecule has 0 unspecified atom stereocenters. The van der Waals surface area contributed by atoms with Gasteiger partial charge in [0, 0.05) is 23.3 Å². The fourth-order valence-electron chi connectivity index (χ4n) is 4.41. The van der Waals surface area contributed by atoms with Crippen molar-refractivity contribution in [1.29, 1.82) is 0 Å². The summed E-state index contributed by atoms with van der Waals surface area (Å²) in [6.45, 7) is 0. The van der Waals surface area contributed by atoms with E-state index < -0.39 is 11.4 Å². The number of rotatable bonds is 3. The van der Waals surface area contributed by atoms with Gasteiger partial charge in [-0.25, -0.2) is 4.79 Å². The van der Waals surface area contributed by atoms with E-state index in [-0.39, 0.29) is 17.1 Å². The summed E-state index contributed by atoms with van der Waals surface area (Å²) in [5, 5.41) is 29.6. The Morgan fingerprint density at radius 3 is 1.71 bits per heavy atom. The molecule has 0 atom stereocenters. The minimum atomic E-state index is -0.997. The van der Waals surface area contributed by atoms with E-state index in [9.17, 15) is 20.1 Å². The van der Waals surface area contributed by atoms with Gasteiger partial charge < -0.3 is 20.1 Å². The normalized spacial score (nSPS) is 13.5. The topological polar surface area (TPSA) is 87.0 Å². The molecule has 5 rings (SSSR count). The fourth-order valence-corrected chi connectivity index (χ4v) is 4.41. The highest BCUT2D eigenvalue weighted by atomic mass is 16.5. The van der Waals surface area contributed by atoms with Crippen LogP contribution in [0.2, 0.25) is 0 Å². The number of carboxylic acids is 1. The van der Waals surface area contributed by atoms with Gasteiger partial charge in [0.1, 0.15) is 23.0 Å². The molecule has 0 fully saturated rings. The van der Waals surface area contributed by atoms with Gasteiger partial charge in [0.2, 0.25) is 0 Å². The first-order valence-corrected chi connectivity index (χ1v) is 9.74. The predicted octanol–water partition coefficient (Wildman–Crippen LogP) is 5.28. The van der Waals surface area contributed by atoms with Gasteiger partial charge in [-0.3, -0.25) is 0 Å². The highest BCUT2D eigenvalue weighted by Crippen LogP contribution is 2.56. The zero-order chi connectivity index (χ0) is 21.6. The molecule has 1 heterocycles. The quantitative estimate of drug-likeness (QED) is 0.376. The van der Waals surface area contributed by atoms with Crippen LogP contribution < -0.4 is 4.74 Å². The Morgan fingerprint density at radius 1 is 0.677 bits per heavy atom. The highest BCUT2D eigenvalue weighted by molar-refractivity contribution is 5.87. The number of phenols is 2. The lowest BCUT2D eigenvalue weighted by atomic mass is 9.63. The van der Waals surface area contributed by atoms with Gasteiger partial charge in [0.15, 0.2) is 0 Å². The molecule has 4 aromatic carbocycles. The summed E-state index contributed by atoms with van der Waals surface area (Å²) in [7, 11) is 0. The second kappa shape index (κ2) is 6.92. The monoisotopic (exact) mass is 410 g/mol. The summed E-state index contributed by atoms with van der Waals surface area (Å²) in [6.07, 6.45) is 0. The molecule has 3 N–H and O–H groups in total. The van der Waals surface area contributed by atoms with Gasteiger partial charge in [-0.1, -0.05) is 54.6 Å². The summed E-state index contributed by atoms with van der Waals surface area (Å²) in [5.41, 5.74) is 2.74. The van der Waals surface area contributed by atoms with Crippen molar-refractivity contribution < 1.29 is 24.9 Å². The lowest BCUT2D eigenvalue weighted by Crippen LogP contribution is -2.34. The van der Waals surface area contributed by atoms with E-state index in [0.717, 1.165) is 22.3 Å². The number of carboxylic acid groups (broad SMARTS) is 1. The Labute approximate surface area is 178 Å². The van der Waals surface area contributed by atoms with Crippen molar-refractivity contribution in [1.82, 2.24) is 0 Å². The number of carbonyl (C=O) groups is 1. The van der Waals surface area contributed by atoms with E-state index in [2.05, 4.69) is 0 Å². The third-order valence-corrected chi connectivity index (χ3v) is 5.73. The van der Waals surface area contributed by atoms with Crippen molar-refractivity contribution in [2.24, 2.45) is 0 Å². The number of benzene rings is 4. The average Bonchev–Trinajstić information content (AvgIpc) is 2.78. The summed E-state index contributed by atoms with van der Waals surface area (Å²) in [4.78, 5) is 11.4. The molecule has 0 spiro atoms. The summed E-state index contributed by atoms with van der Waals surface area (Å²) >= 11 is 0. The van der Waals surface area contributed by atoms with Gasteiger partial charge in [0.25, 0.3) is 0 Å². The molecular formula is C26H18O5. The maximum absolute atomic E-state index is 11.4. The van der Waals surface area contributed by atoms with E-state index in [1.807, 2.05) is 42.5 Å².